The molecule has 1 aromatic rings. The van der Waals surface area contributed by atoms with Gasteiger partial charge in [-0.3, -0.25) is 4.79 Å². The van der Waals surface area contributed by atoms with E-state index in [4.69, 9.17) is 4.74 Å². The van der Waals surface area contributed by atoms with Gasteiger partial charge >= 0.3 is 5.97 Å². The van der Waals surface area contributed by atoms with Crippen molar-refractivity contribution in [3.63, 3.8) is 0 Å². The van der Waals surface area contributed by atoms with E-state index in [0.29, 0.717) is 6.61 Å². The van der Waals surface area contributed by atoms with Gasteiger partial charge in [-0.1, -0.05) is 62.8 Å². The molecule has 1 rings (SSSR count). The van der Waals surface area contributed by atoms with Gasteiger partial charge in [-0.15, -0.1) is 0 Å². The topological polar surface area (TPSA) is 26.3 Å². The van der Waals surface area contributed by atoms with Gasteiger partial charge in [-0.25, -0.2) is 0 Å². The Labute approximate surface area is 129 Å². The van der Waals surface area contributed by atoms with Crippen LogP contribution < -0.4 is 0 Å². The highest BCUT2D eigenvalue weighted by molar-refractivity contribution is 5.72. The van der Waals surface area contributed by atoms with E-state index in [2.05, 4.69) is 26.0 Å². The first-order chi connectivity index (χ1) is 10.3. The number of benzene rings is 1. The monoisotopic (exact) mass is 288 g/mol. The van der Waals surface area contributed by atoms with Crippen molar-refractivity contribution in [3.05, 3.63) is 48.0 Å². The summed E-state index contributed by atoms with van der Waals surface area (Å²) in [5.41, 5.74) is 1.04. The molecule has 1 atom stereocenters. The highest BCUT2D eigenvalue weighted by Gasteiger charge is 2.17. The predicted octanol–water partition coefficient (Wildman–Crippen LogP) is 5.28. The molecule has 0 amide bonds. The number of hydrogen-bond donors (Lipinski definition) is 0. The third-order valence-electron chi connectivity index (χ3n) is 3.60. The molecule has 0 saturated carbocycles. The number of esters is 1. The van der Waals surface area contributed by atoms with Crippen molar-refractivity contribution in [3.8, 4) is 0 Å². The molecule has 0 aliphatic carbocycles. The van der Waals surface area contributed by atoms with Gasteiger partial charge in [0.1, 0.15) is 6.61 Å². The molecule has 2 heteroatoms. The highest BCUT2D eigenvalue weighted by atomic mass is 16.5. The molecule has 1 aromatic carbocycles. The zero-order valence-electron chi connectivity index (χ0n) is 13.4. The summed E-state index contributed by atoms with van der Waals surface area (Å²) < 4.78 is 5.42. The molecule has 2 nitrogen and oxygen atoms in total. The van der Waals surface area contributed by atoms with Crippen molar-refractivity contribution in [2.24, 2.45) is 5.92 Å². The van der Waals surface area contributed by atoms with Crippen LogP contribution in [-0.4, -0.2) is 5.97 Å². The fourth-order valence-corrected chi connectivity index (χ4v) is 2.22. The van der Waals surface area contributed by atoms with Crippen LogP contribution in [0.4, 0.5) is 0 Å². The Kier molecular flexibility index (Phi) is 9.26. The molecule has 1 unspecified atom stereocenters. The van der Waals surface area contributed by atoms with Gasteiger partial charge in [0.2, 0.25) is 0 Å². The largest absolute Gasteiger partial charge is 0.461 e. The quantitative estimate of drug-likeness (QED) is 0.332. The number of carbonyl (C=O) groups excluding carboxylic acids is 1. The van der Waals surface area contributed by atoms with Crippen LogP contribution in [0.25, 0.3) is 0 Å². The molecule has 0 fully saturated rings. The summed E-state index contributed by atoms with van der Waals surface area (Å²) in [4.78, 5) is 12.1. The maximum Gasteiger partial charge on any atom is 0.309 e. The summed E-state index contributed by atoms with van der Waals surface area (Å²) in [6, 6.07) is 9.85. The lowest BCUT2D eigenvalue weighted by Crippen LogP contribution is -2.17. The Morgan fingerprint density at radius 3 is 2.52 bits per heavy atom. The number of unbranched alkanes of at least 4 members (excludes halogenated alkanes) is 2. The van der Waals surface area contributed by atoms with Crippen LogP contribution in [0.15, 0.2) is 42.5 Å². The Morgan fingerprint density at radius 2 is 1.86 bits per heavy atom. The average Bonchev–Trinajstić information content (AvgIpc) is 2.53. The fraction of sp³-hybridized carbons (Fsp3) is 0.526. The van der Waals surface area contributed by atoms with Crippen molar-refractivity contribution in [1.29, 1.82) is 0 Å². The van der Waals surface area contributed by atoms with Gasteiger partial charge in [-0.05, 0) is 37.7 Å². The zero-order chi connectivity index (χ0) is 15.3. The summed E-state index contributed by atoms with van der Waals surface area (Å²) in [6.07, 6.45) is 10.7. The third kappa shape index (κ3) is 7.69. The van der Waals surface area contributed by atoms with E-state index in [1.54, 1.807) is 0 Å². The van der Waals surface area contributed by atoms with Crippen molar-refractivity contribution < 1.29 is 9.53 Å². The molecule has 116 valence electrons. The maximum atomic E-state index is 12.1. The van der Waals surface area contributed by atoms with Crippen LogP contribution in [-0.2, 0) is 16.1 Å². The summed E-state index contributed by atoms with van der Waals surface area (Å²) in [5.74, 6) is -0.0211. The Hall–Kier alpha value is -1.57. The number of carbonyl (C=O) groups is 1. The van der Waals surface area contributed by atoms with Crippen molar-refractivity contribution in [2.45, 2.75) is 59.0 Å². The zero-order valence-corrected chi connectivity index (χ0v) is 13.4. The van der Waals surface area contributed by atoms with Gasteiger partial charge in [0.25, 0.3) is 0 Å². The third-order valence-corrected chi connectivity index (χ3v) is 3.60. The van der Waals surface area contributed by atoms with Gasteiger partial charge in [0, 0.05) is 0 Å². The van der Waals surface area contributed by atoms with E-state index in [1.807, 2.05) is 30.3 Å². The van der Waals surface area contributed by atoms with Crippen LogP contribution >= 0.6 is 0 Å². The summed E-state index contributed by atoms with van der Waals surface area (Å²) >= 11 is 0. The van der Waals surface area contributed by atoms with E-state index in [-0.39, 0.29) is 11.9 Å². The lowest BCUT2D eigenvalue weighted by molar-refractivity contribution is -0.150. The van der Waals surface area contributed by atoms with Crippen LogP contribution in [0.1, 0.15) is 57.9 Å². The van der Waals surface area contributed by atoms with E-state index >= 15 is 0 Å². The molecule has 0 saturated heterocycles. The van der Waals surface area contributed by atoms with Gasteiger partial charge in [0.15, 0.2) is 0 Å². The van der Waals surface area contributed by atoms with Crippen molar-refractivity contribution in [2.75, 3.05) is 0 Å². The molecule has 0 aliphatic heterocycles. The molecule has 0 N–H and O–H groups in total. The summed E-state index contributed by atoms with van der Waals surface area (Å²) in [7, 11) is 0. The minimum atomic E-state index is -0.0566. The lowest BCUT2D eigenvalue weighted by Gasteiger charge is -2.13. The second-order valence-corrected chi connectivity index (χ2v) is 5.39. The van der Waals surface area contributed by atoms with Crippen molar-refractivity contribution in [1.82, 2.24) is 0 Å². The first kappa shape index (κ1) is 17.5. The molecular weight excluding hydrogens is 260 g/mol. The van der Waals surface area contributed by atoms with E-state index in [9.17, 15) is 4.79 Å². The van der Waals surface area contributed by atoms with Crippen LogP contribution in [0.3, 0.4) is 0 Å². The minimum Gasteiger partial charge on any atom is -0.461 e. The molecule has 0 bridgehead atoms. The van der Waals surface area contributed by atoms with E-state index in [0.717, 1.165) is 37.7 Å². The van der Waals surface area contributed by atoms with Gasteiger partial charge in [-0.2, -0.15) is 0 Å². The fourth-order valence-electron chi connectivity index (χ4n) is 2.22. The molecule has 0 spiro atoms. The molecule has 0 aliphatic rings. The van der Waals surface area contributed by atoms with E-state index in [1.165, 1.54) is 6.42 Å². The first-order valence-corrected chi connectivity index (χ1v) is 8.13. The predicted molar refractivity (Wildman–Crippen MR) is 87.9 cm³/mol. The number of ether oxygens (including phenoxy) is 1. The van der Waals surface area contributed by atoms with Crippen LogP contribution in [0, 0.1) is 5.92 Å². The molecule has 0 radical (unpaired) electrons. The van der Waals surface area contributed by atoms with E-state index < -0.39 is 0 Å². The number of rotatable bonds is 10. The van der Waals surface area contributed by atoms with Crippen LogP contribution in [0.5, 0.6) is 0 Å². The highest BCUT2D eigenvalue weighted by Crippen LogP contribution is 2.16. The van der Waals surface area contributed by atoms with Gasteiger partial charge < -0.3 is 4.74 Å². The summed E-state index contributed by atoms with van der Waals surface area (Å²) in [6.45, 7) is 4.62. The Balaban J connectivity index is 2.26. The Bertz CT molecular complexity index is 409. The molecule has 0 aromatic heterocycles. The normalized spacial score (nSPS) is 12.5. The molecule has 21 heavy (non-hydrogen) atoms. The number of hydrogen-bond acceptors (Lipinski definition) is 2. The second-order valence-electron chi connectivity index (χ2n) is 5.39. The van der Waals surface area contributed by atoms with Gasteiger partial charge in [0.05, 0.1) is 5.92 Å². The number of allylic oxidation sites excluding steroid dienone is 2. The standard InChI is InChI=1S/C19H28O2/c1-3-5-6-7-8-12-15-18(4-2)19(20)21-16-17-13-10-9-11-14-17/h6-7,9-11,13-14,18H,3-5,8,12,15-16H2,1-2H3. The summed E-state index contributed by atoms with van der Waals surface area (Å²) in [5, 5.41) is 0. The minimum absolute atomic E-state index is 0.0355. The average molecular weight is 288 g/mol. The van der Waals surface area contributed by atoms with Crippen molar-refractivity contribution >= 4 is 5.97 Å². The first-order valence-electron chi connectivity index (χ1n) is 8.13. The molecular formula is C19H28O2. The van der Waals surface area contributed by atoms with Crippen LogP contribution in [0.2, 0.25) is 0 Å². The SMILES string of the molecule is CCCC=CCCCC(CC)C(=O)OCc1ccccc1. The smallest absolute Gasteiger partial charge is 0.309 e. The lowest BCUT2D eigenvalue weighted by atomic mass is 9.99. The Morgan fingerprint density at radius 1 is 1.14 bits per heavy atom. The molecule has 0 heterocycles. The second kappa shape index (κ2) is 11.1. The maximum absolute atomic E-state index is 12.1.